The van der Waals surface area contributed by atoms with Crippen LogP contribution < -0.4 is 0 Å². The molecule has 1 rings (SSSR count). The van der Waals surface area contributed by atoms with E-state index in [0.29, 0.717) is 16.2 Å². The molecule has 1 unspecified atom stereocenters. The van der Waals surface area contributed by atoms with Crippen LogP contribution >= 0.6 is 0 Å². The monoisotopic (exact) mass is 268 g/mol. The van der Waals surface area contributed by atoms with Crippen molar-refractivity contribution in [3.8, 4) is 0 Å². The summed E-state index contributed by atoms with van der Waals surface area (Å²) in [5.74, 6) is 0. The van der Waals surface area contributed by atoms with Crippen LogP contribution in [-0.4, -0.2) is 0 Å². The van der Waals surface area contributed by atoms with Crippen LogP contribution in [0, 0.1) is 21.7 Å². The third kappa shape index (κ3) is 3.26. The zero-order chi connectivity index (χ0) is 16.1. The molecule has 0 bridgehead atoms. The van der Waals surface area contributed by atoms with Crippen LogP contribution in [0.3, 0.4) is 0 Å². The molecule has 0 radical (unpaired) electrons. The Bertz CT molecular complexity index is 268. The zero-order valence-electron chi connectivity index (χ0n) is 15.7. The van der Waals surface area contributed by atoms with Crippen molar-refractivity contribution in [3.05, 3.63) is 12.7 Å². The zero-order valence-corrected chi connectivity index (χ0v) is 15.7. The number of rotatable bonds is 1. The van der Waals surface area contributed by atoms with Gasteiger partial charge in [0.1, 0.15) is 0 Å². The van der Waals surface area contributed by atoms with Gasteiger partial charge in [-0.2, -0.15) is 0 Å². The minimum absolute atomic E-state index is 0.270. The lowest BCUT2D eigenvalue weighted by molar-refractivity contribution is -0.131. The molecule has 0 heterocycles. The molecule has 1 saturated carbocycles. The minimum atomic E-state index is 0.270. The van der Waals surface area contributed by atoms with Gasteiger partial charge < -0.3 is 0 Å². The standard InChI is InChI=1S/C15H28.2C2H6/c1-9-15(8)11-10-12(2,3)13(4,5)14(15,6)7;2*1-2/h9H,1,10-11H2,2-8H3;2*1-2H3. The summed E-state index contributed by atoms with van der Waals surface area (Å²) in [5, 5.41) is 0. The van der Waals surface area contributed by atoms with Gasteiger partial charge in [-0.3, -0.25) is 0 Å². The molecule has 19 heavy (non-hydrogen) atoms. The molecule has 116 valence electrons. The van der Waals surface area contributed by atoms with Crippen molar-refractivity contribution < 1.29 is 0 Å². The van der Waals surface area contributed by atoms with Gasteiger partial charge in [0.15, 0.2) is 0 Å². The normalized spacial score (nSPS) is 30.1. The fraction of sp³-hybridized carbons (Fsp3) is 0.895. The van der Waals surface area contributed by atoms with Gasteiger partial charge in [-0.15, -0.1) is 6.58 Å². The Labute approximate surface area is 124 Å². The quantitative estimate of drug-likeness (QED) is 0.445. The van der Waals surface area contributed by atoms with Crippen LogP contribution in [0.4, 0.5) is 0 Å². The molecule has 0 heteroatoms. The molecule has 0 aromatic carbocycles. The van der Waals surface area contributed by atoms with E-state index in [1.54, 1.807) is 0 Å². The molecule has 0 aliphatic heterocycles. The molecule has 1 aliphatic carbocycles. The Balaban J connectivity index is 0. The van der Waals surface area contributed by atoms with Gasteiger partial charge in [-0.1, -0.05) is 82.2 Å². The number of hydrogen-bond donors (Lipinski definition) is 0. The van der Waals surface area contributed by atoms with Crippen LogP contribution in [0.15, 0.2) is 12.7 Å². The first-order chi connectivity index (χ1) is 8.52. The van der Waals surface area contributed by atoms with Crippen molar-refractivity contribution in [2.45, 2.75) is 89.0 Å². The third-order valence-electron chi connectivity index (χ3n) is 6.40. The van der Waals surface area contributed by atoms with E-state index in [4.69, 9.17) is 0 Å². The van der Waals surface area contributed by atoms with Crippen molar-refractivity contribution in [2.75, 3.05) is 0 Å². The Kier molecular flexibility index (Phi) is 7.70. The van der Waals surface area contributed by atoms with E-state index >= 15 is 0 Å². The molecule has 0 aromatic rings. The SMILES string of the molecule is C=CC1(C)CCC(C)(C)C(C)(C)C1(C)C.CC.CC. The van der Waals surface area contributed by atoms with Crippen LogP contribution in [0.5, 0.6) is 0 Å². The molecule has 0 saturated heterocycles. The van der Waals surface area contributed by atoms with E-state index in [1.807, 2.05) is 27.7 Å². The van der Waals surface area contributed by atoms with Gasteiger partial charge in [-0.25, -0.2) is 0 Å². The summed E-state index contributed by atoms with van der Waals surface area (Å²) in [5.41, 5.74) is 1.32. The van der Waals surface area contributed by atoms with Gasteiger partial charge in [0.2, 0.25) is 0 Å². The molecule has 0 N–H and O–H groups in total. The van der Waals surface area contributed by atoms with E-state index in [0.717, 1.165) is 0 Å². The topological polar surface area (TPSA) is 0 Å². The molecule has 1 fully saturated rings. The number of hydrogen-bond acceptors (Lipinski definition) is 0. The summed E-state index contributed by atoms with van der Waals surface area (Å²) in [7, 11) is 0. The Morgan fingerprint density at radius 2 is 1.05 bits per heavy atom. The first kappa shape index (κ1) is 21.0. The van der Waals surface area contributed by atoms with Crippen molar-refractivity contribution in [1.29, 1.82) is 0 Å². The smallest absolute Gasteiger partial charge is 0.00926 e. The second kappa shape index (κ2) is 6.95. The van der Waals surface area contributed by atoms with E-state index in [9.17, 15) is 0 Å². The van der Waals surface area contributed by atoms with Gasteiger partial charge >= 0.3 is 0 Å². The van der Waals surface area contributed by atoms with Crippen LogP contribution in [0.2, 0.25) is 0 Å². The largest absolute Gasteiger partial charge is 0.103 e. The highest BCUT2D eigenvalue weighted by Gasteiger charge is 2.58. The second-order valence-electron chi connectivity index (χ2n) is 7.26. The van der Waals surface area contributed by atoms with Gasteiger partial charge in [-0.05, 0) is 34.5 Å². The van der Waals surface area contributed by atoms with E-state index in [-0.39, 0.29) is 5.41 Å². The molecule has 1 aliphatic rings. The van der Waals surface area contributed by atoms with Crippen molar-refractivity contribution >= 4 is 0 Å². The van der Waals surface area contributed by atoms with Crippen molar-refractivity contribution in [1.82, 2.24) is 0 Å². The summed E-state index contributed by atoms with van der Waals surface area (Å²) in [6.07, 6.45) is 4.75. The highest BCUT2D eigenvalue weighted by molar-refractivity contribution is 5.13. The highest BCUT2D eigenvalue weighted by Crippen LogP contribution is 2.66. The Morgan fingerprint density at radius 3 is 1.37 bits per heavy atom. The molecule has 0 amide bonds. The van der Waals surface area contributed by atoms with E-state index in [1.165, 1.54) is 12.8 Å². The molecule has 0 nitrogen and oxygen atoms in total. The summed E-state index contributed by atoms with van der Waals surface area (Å²) in [6, 6.07) is 0. The predicted octanol–water partition coefficient (Wildman–Crippen LogP) is 7.10. The van der Waals surface area contributed by atoms with Gasteiger partial charge in [0.25, 0.3) is 0 Å². The fourth-order valence-electron chi connectivity index (χ4n) is 3.11. The lowest BCUT2D eigenvalue weighted by atomic mass is 9.41. The summed E-state index contributed by atoms with van der Waals surface area (Å²) in [4.78, 5) is 0. The molecule has 0 aromatic heterocycles. The summed E-state index contributed by atoms with van der Waals surface area (Å²) < 4.78 is 0. The summed E-state index contributed by atoms with van der Waals surface area (Å²) in [6.45, 7) is 28.9. The number of allylic oxidation sites excluding steroid dienone is 1. The van der Waals surface area contributed by atoms with Crippen molar-refractivity contribution in [2.24, 2.45) is 21.7 Å². The van der Waals surface area contributed by atoms with Crippen LogP contribution in [0.25, 0.3) is 0 Å². The van der Waals surface area contributed by atoms with Crippen LogP contribution in [-0.2, 0) is 0 Å². The van der Waals surface area contributed by atoms with Crippen LogP contribution in [0.1, 0.15) is 89.0 Å². The predicted molar refractivity (Wildman–Crippen MR) is 91.6 cm³/mol. The van der Waals surface area contributed by atoms with E-state index < -0.39 is 0 Å². The minimum Gasteiger partial charge on any atom is -0.103 e. The third-order valence-corrected chi connectivity index (χ3v) is 6.40. The summed E-state index contributed by atoms with van der Waals surface area (Å²) >= 11 is 0. The molecule has 1 atom stereocenters. The Morgan fingerprint density at radius 1 is 0.684 bits per heavy atom. The Hall–Kier alpha value is -0.260. The van der Waals surface area contributed by atoms with Crippen molar-refractivity contribution in [3.63, 3.8) is 0 Å². The van der Waals surface area contributed by atoms with Gasteiger partial charge in [0, 0.05) is 0 Å². The van der Waals surface area contributed by atoms with E-state index in [2.05, 4.69) is 61.1 Å². The lowest BCUT2D eigenvalue weighted by Crippen LogP contribution is -2.56. The fourth-order valence-corrected chi connectivity index (χ4v) is 3.11. The molecular weight excluding hydrogens is 228 g/mol. The highest BCUT2D eigenvalue weighted by atomic mass is 14.6. The molecule has 0 spiro atoms. The lowest BCUT2D eigenvalue weighted by Gasteiger charge is -2.63. The average Bonchev–Trinajstić information content (AvgIpc) is 2.38. The average molecular weight is 269 g/mol. The first-order valence-corrected chi connectivity index (χ1v) is 8.15. The first-order valence-electron chi connectivity index (χ1n) is 8.15. The maximum atomic E-state index is 4.07. The second-order valence-corrected chi connectivity index (χ2v) is 7.26. The maximum Gasteiger partial charge on any atom is -0.00926 e. The molecular formula is C19H40. The maximum absolute atomic E-state index is 4.07. The van der Waals surface area contributed by atoms with Gasteiger partial charge in [0.05, 0.1) is 0 Å².